The van der Waals surface area contributed by atoms with Gasteiger partial charge in [-0.3, -0.25) is 10.1 Å². The van der Waals surface area contributed by atoms with Gasteiger partial charge in [-0.15, -0.1) is 0 Å². The van der Waals surface area contributed by atoms with Crippen molar-refractivity contribution in [2.24, 2.45) is 5.73 Å². The minimum atomic E-state index is -0.803. The second-order valence-electron chi connectivity index (χ2n) is 4.42. The number of ether oxygens (including phenoxy) is 1. The molecule has 0 radical (unpaired) electrons. The highest BCUT2D eigenvalue weighted by Crippen LogP contribution is 2.37. The lowest BCUT2D eigenvalue weighted by Crippen LogP contribution is -2.07. The maximum atomic E-state index is 13.8. The van der Waals surface area contributed by atoms with E-state index in [1.54, 1.807) is 25.1 Å². The second kappa shape index (κ2) is 6.19. The third kappa shape index (κ3) is 3.37. The number of nitrogens with two attached hydrogens (primary N) is 1. The standard InChI is InChI=1S/C14H12BrFN2O3/c1-8(17)10-7-9(15)5-6-13(10)21-14-11(16)3-2-4-12(14)18(19)20/h2-8H,17H2,1H3. The molecular weight excluding hydrogens is 343 g/mol. The molecule has 0 bridgehead atoms. The maximum Gasteiger partial charge on any atom is 0.314 e. The molecule has 0 saturated carbocycles. The number of benzene rings is 2. The lowest BCUT2D eigenvalue weighted by molar-refractivity contribution is -0.385. The van der Waals surface area contributed by atoms with Crippen molar-refractivity contribution in [3.8, 4) is 11.5 Å². The topological polar surface area (TPSA) is 78.4 Å². The van der Waals surface area contributed by atoms with Crippen molar-refractivity contribution in [1.29, 1.82) is 0 Å². The summed E-state index contributed by atoms with van der Waals surface area (Å²) in [6.07, 6.45) is 0. The first-order valence-corrected chi connectivity index (χ1v) is 6.85. The molecule has 0 heterocycles. The Hall–Kier alpha value is -1.99. The van der Waals surface area contributed by atoms with E-state index >= 15 is 0 Å². The van der Waals surface area contributed by atoms with Crippen LogP contribution in [0.3, 0.4) is 0 Å². The zero-order valence-electron chi connectivity index (χ0n) is 11.0. The van der Waals surface area contributed by atoms with E-state index in [2.05, 4.69) is 15.9 Å². The molecule has 7 heteroatoms. The van der Waals surface area contributed by atoms with Gasteiger partial charge in [0.05, 0.1) is 4.92 Å². The Bertz CT molecular complexity index is 692. The summed E-state index contributed by atoms with van der Waals surface area (Å²) in [7, 11) is 0. The van der Waals surface area contributed by atoms with Crippen LogP contribution in [0.5, 0.6) is 11.5 Å². The molecule has 0 fully saturated rings. The average molecular weight is 355 g/mol. The molecule has 2 rings (SSSR count). The first kappa shape index (κ1) is 15.4. The van der Waals surface area contributed by atoms with Crippen LogP contribution in [0.2, 0.25) is 0 Å². The minimum Gasteiger partial charge on any atom is -0.447 e. The van der Waals surface area contributed by atoms with Gasteiger partial charge >= 0.3 is 5.69 Å². The summed E-state index contributed by atoms with van der Waals surface area (Å²) in [5.41, 5.74) is 6.02. The molecule has 2 aromatic rings. The third-order valence-electron chi connectivity index (χ3n) is 2.82. The van der Waals surface area contributed by atoms with Crippen molar-refractivity contribution in [2.45, 2.75) is 13.0 Å². The van der Waals surface area contributed by atoms with Gasteiger partial charge in [-0.1, -0.05) is 22.0 Å². The number of rotatable bonds is 4. The predicted molar refractivity (Wildman–Crippen MR) is 79.9 cm³/mol. The van der Waals surface area contributed by atoms with Crippen LogP contribution in [-0.4, -0.2) is 4.92 Å². The largest absolute Gasteiger partial charge is 0.447 e. The molecule has 110 valence electrons. The first-order valence-electron chi connectivity index (χ1n) is 6.06. The Kier molecular flexibility index (Phi) is 4.54. The number of nitro groups is 1. The van der Waals surface area contributed by atoms with E-state index in [1.807, 2.05) is 0 Å². The fourth-order valence-electron chi connectivity index (χ4n) is 1.82. The summed E-state index contributed by atoms with van der Waals surface area (Å²) in [5.74, 6) is -0.948. The van der Waals surface area contributed by atoms with Crippen LogP contribution < -0.4 is 10.5 Å². The van der Waals surface area contributed by atoms with Crippen molar-refractivity contribution in [3.05, 3.63) is 62.4 Å². The number of hydrogen-bond acceptors (Lipinski definition) is 4. The Morgan fingerprint density at radius 3 is 2.71 bits per heavy atom. The van der Waals surface area contributed by atoms with Gasteiger partial charge in [0.1, 0.15) is 5.75 Å². The summed E-state index contributed by atoms with van der Waals surface area (Å²) in [5, 5.41) is 11.0. The van der Waals surface area contributed by atoms with Crippen LogP contribution in [0.25, 0.3) is 0 Å². The SMILES string of the molecule is CC(N)c1cc(Br)ccc1Oc1c(F)cccc1[N+](=O)[O-]. The van der Waals surface area contributed by atoms with Crippen molar-refractivity contribution in [3.63, 3.8) is 0 Å². The van der Waals surface area contributed by atoms with E-state index in [0.717, 1.165) is 10.5 Å². The highest BCUT2D eigenvalue weighted by atomic mass is 79.9. The van der Waals surface area contributed by atoms with Crippen LogP contribution in [0.1, 0.15) is 18.5 Å². The summed E-state index contributed by atoms with van der Waals surface area (Å²) in [4.78, 5) is 10.3. The van der Waals surface area contributed by atoms with Crippen molar-refractivity contribution in [1.82, 2.24) is 0 Å². The van der Waals surface area contributed by atoms with Crippen LogP contribution in [-0.2, 0) is 0 Å². The molecule has 0 amide bonds. The monoisotopic (exact) mass is 354 g/mol. The lowest BCUT2D eigenvalue weighted by atomic mass is 10.1. The number of halogens is 2. The van der Waals surface area contributed by atoms with Gasteiger partial charge in [0.15, 0.2) is 5.82 Å². The van der Waals surface area contributed by atoms with E-state index in [1.165, 1.54) is 12.1 Å². The van der Waals surface area contributed by atoms with E-state index in [9.17, 15) is 14.5 Å². The first-order chi connectivity index (χ1) is 9.90. The summed E-state index contributed by atoms with van der Waals surface area (Å²) >= 11 is 3.31. The molecule has 0 aliphatic carbocycles. The van der Waals surface area contributed by atoms with Crippen LogP contribution in [0.4, 0.5) is 10.1 Å². The second-order valence-corrected chi connectivity index (χ2v) is 5.33. The average Bonchev–Trinajstić information content (AvgIpc) is 2.42. The van der Waals surface area contributed by atoms with E-state index in [0.29, 0.717) is 5.56 Å². The lowest BCUT2D eigenvalue weighted by Gasteiger charge is -2.14. The van der Waals surface area contributed by atoms with Crippen LogP contribution in [0.15, 0.2) is 40.9 Å². The smallest absolute Gasteiger partial charge is 0.314 e. The quantitative estimate of drug-likeness (QED) is 0.655. The molecule has 0 aliphatic heterocycles. The number of nitro benzene ring substituents is 1. The van der Waals surface area contributed by atoms with Crippen molar-refractivity contribution < 1.29 is 14.1 Å². The molecular formula is C14H12BrFN2O3. The van der Waals surface area contributed by atoms with Crippen molar-refractivity contribution in [2.75, 3.05) is 0 Å². The Labute approximate surface area is 128 Å². The normalized spacial score (nSPS) is 12.0. The number of hydrogen-bond donors (Lipinski definition) is 1. The Morgan fingerprint density at radius 1 is 1.38 bits per heavy atom. The Balaban J connectivity index is 2.51. The summed E-state index contributed by atoms with van der Waals surface area (Å²) in [6, 6.07) is 8.17. The molecule has 0 spiro atoms. The fourth-order valence-corrected chi connectivity index (χ4v) is 2.20. The van der Waals surface area contributed by atoms with Gasteiger partial charge in [0.25, 0.3) is 0 Å². The molecule has 1 unspecified atom stereocenters. The fraction of sp³-hybridized carbons (Fsp3) is 0.143. The zero-order valence-corrected chi connectivity index (χ0v) is 12.6. The number of nitrogens with zero attached hydrogens (tertiary/aromatic N) is 1. The highest BCUT2D eigenvalue weighted by molar-refractivity contribution is 9.10. The molecule has 1 atom stereocenters. The molecule has 21 heavy (non-hydrogen) atoms. The van der Waals surface area contributed by atoms with Crippen molar-refractivity contribution >= 4 is 21.6 Å². The Morgan fingerprint density at radius 2 is 2.10 bits per heavy atom. The third-order valence-corrected chi connectivity index (χ3v) is 3.31. The summed E-state index contributed by atoms with van der Waals surface area (Å²) < 4.78 is 20.1. The van der Waals surface area contributed by atoms with Gasteiger partial charge in [0.2, 0.25) is 5.75 Å². The zero-order chi connectivity index (χ0) is 15.6. The molecule has 2 N–H and O–H groups in total. The molecule has 0 aliphatic rings. The van der Waals surface area contributed by atoms with Gasteiger partial charge in [0, 0.05) is 22.1 Å². The van der Waals surface area contributed by atoms with Gasteiger partial charge in [-0.2, -0.15) is 0 Å². The number of para-hydroxylation sites is 1. The molecule has 0 aromatic heterocycles. The van der Waals surface area contributed by atoms with E-state index in [-0.39, 0.29) is 11.8 Å². The van der Waals surface area contributed by atoms with E-state index in [4.69, 9.17) is 10.5 Å². The highest BCUT2D eigenvalue weighted by Gasteiger charge is 2.21. The molecule has 5 nitrogen and oxygen atoms in total. The molecule has 0 saturated heterocycles. The van der Waals surface area contributed by atoms with Crippen LogP contribution in [0, 0.1) is 15.9 Å². The molecule has 2 aromatic carbocycles. The maximum absolute atomic E-state index is 13.8. The van der Waals surface area contributed by atoms with Gasteiger partial charge in [-0.05, 0) is 31.2 Å². The van der Waals surface area contributed by atoms with Gasteiger partial charge in [-0.25, -0.2) is 4.39 Å². The minimum absolute atomic E-state index is 0.279. The van der Waals surface area contributed by atoms with Gasteiger partial charge < -0.3 is 10.5 Å². The van der Waals surface area contributed by atoms with E-state index < -0.39 is 22.2 Å². The van der Waals surface area contributed by atoms with Crippen LogP contribution >= 0.6 is 15.9 Å². The summed E-state index contributed by atoms with van der Waals surface area (Å²) in [6.45, 7) is 1.74. The predicted octanol–water partition coefficient (Wildman–Crippen LogP) is 4.31.